The number of carbonyl (C=O) groups is 2. The van der Waals surface area contributed by atoms with E-state index in [0.29, 0.717) is 43.1 Å². The van der Waals surface area contributed by atoms with Crippen LogP contribution < -0.4 is 10.5 Å². The lowest BCUT2D eigenvalue weighted by atomic mass is 9.83. The van der Waals surface area contributed by atoms with Gasteiger partial charge in [-0.3, -0.25) is 15.3 Å². The minimum absolute atomic E-state index is 0.0667. The van der Waals surface area contributed by atoms with Crippen LogP contribution in [0.1, 0.15) is 66.4 Å². The quantitative estimate of drug-likeness (QED) is 0.206. The number of nitrogens with zero attached hydrogens (tertiary/aromatic N) is 1. The van der Waals surface area contributed by atoms with Gasteiger partial charge in [-0.1, -0.05) is 85.6 Å². The maximum Gasteiger partial charge on any atom is 0.265 e. The van der Waals surface area contributed by atoms with Crippen molar-refractivity contribution in [2.45, 2.75) is 57.0 Å². The highest BCUT2D eigenvalue weighted by molar-refractivity contribution is 5.89. The number of fused-ring (bicyclic) bond motifs is 1. The molecule has 1 saturated carbocycles. The molecule has 4 aromatic carbocycles. The highest BCUT2D eigenvalue weighted by atomic mass is 19.1. The van der Waals surface area contributed by atoms with Crippen LogP contribution in [-0.2, 0) is 22.4 Å². The Hall–Kier alpha value is -4.45. The maximum atomic E-state index is 14.0. The Labute approximate surface area is 252 Å². The van der Waals surface area contributed by atoms with Gasteiger partial charge in [-0.05, 0) is 82.8 Å². The van der Waals surface area contributed by atoms with Crippen LogP contribution in [0.4, 0.5) is 4.39 Å². The molecule has 2 atom stereocenters. The Morgan fingerprint density at radius 1 is 0.860 bits per heavy atom. The third kappa shape index (κ3) is 6.48. The Morgan fingerprint density at radius 3 is 2.26 bits per heavy atom. The van der Waals surface area contributed by atoms with Gasteiger partial charge in [0.1, 0.15) is 17.6 Å². The van der Waals surface area contributed by atoms with Gasteiger partial charge >= 0.3 is 0 Å². The van der Waals surface area contributed by atoms with E-state index in [1.165, 1.54) is 12.1 Å². The number of amides is 2. The molecule has 1 aliphatic heterocycles. The SMILES string of the molecule is [NH]C(=O)C1c2cc(OCCc3ccc(F)cc3)ccc2C[C@@H](c2ccc(-c3ccccc3)cc2)N1C(=O)CC1CCCC1. The number of hydrogen-bond acceptors (Lipinski definition) is 3. The van der Waals surface area contributed by atoms with E-state index in [4.69, 9.17) is 10.5 Å². The minimum Gasteiger partial charge on any atom is -0.493 e. The van der Waals surface area contributed by atoms with Gasteiger partial charge in [0.05, 0.1) is 12.6 Å². The van der Waals surface area contributed by atoms with Crippen molar-refractivity contribution < 1.29 is 18.7 Å². The van der Waals surface area contributed by atoms with E-state index in [0.717, 1.165) is 53.5 Å². The molecule has 4 aromatic rings. The highest BCUT2D eigenvalue weighted by Gasteiger charge is 2.42. The van der Waals surface area contributed by atoms with E-state index >= 15 is 0 Å². The van der Waals surface area contributed by atoms with Gasteiger partial charge in [0.15, 0.2) is 0 Å². The van der Waals surface area contributed by atoms with E-state index < -0.39 is 11.9 Å². The van der Waals surface area contributed by atoms with Crippen LogP contribution in [0.3, 0.4) is 0 Å². The summed E-state index contributed by atoms with van der Waals surface area (Å²) in [6, 6.07) is 29.0. The van der Waals surface area contributed by atoms with Crippen molar-refractivity contribution in [2.75, 3.05) is 6.61 Å². The summed E-state index contributed by atoms with van der Waals surface area (Å²) in [5, 5.41) is 0. The molecule has 0 bridgehead atoms. The summed E-state index contributed by atoms with van der Waals surface area (Å²) in [6.07, 6.45) is 5.86. The molecule has 1 unspecified atom stereocenters. The summed E-state index contributed by atoms with van der Waals surface area (Å²) in [6.45, 7) is 0.380. The number of nitrogens with one attached hydrogen (secondary N) is 1. The summed E-state index contributed by atoms with van der Waals surface area (Å²) >= 11 is 0. The lowest BCUT2D eigenvalue weighted by molar-refractivity contribution is -0.144. The minimum atomic E-state index is -1.00. The average Bonchev–Trinajstić information content (AvgIpc) is 3.54. The molecule has 219 valence electrons. The zero-order chi connectivity index (χ0) is 29.8. The molecule has 6 heteroatoms. The first-order chi connectivity index (χ1) is 21.0. The molecule has 1 N–H and O–H groups in total. The number of rotatable bonds is 9. The first-order valence-corrected chi connectivity index (χ1v) is 15.2. The smallest absolute Gasteiger partial charge is 0.265 e. The number of ether oxygens (including phenoxy) is 1. The van der Waals surface area contributed by atoms with Crippen molar-refractivity contribution in [1.29, 1.82) is 0 Å². The van der Waals surface area contributed by atoms with Gasteiger partial charge in [-0.15, -0.1) is 0 Å². The van der Waals surface area contributed by atoms with Crippen molar-refractivity contribution >= 4 is 11.8 Å². The standard InChI is InChI=1S/C37H36FN2O3/c38-31-17-10-25(11-18-31)20-21-43-32-19-16-30-23-34(29-14-12-28(13-15-29)27-8-2-1-3-9-27)40(36(37(39)42)33(30)24-32)35(41)22-26-6-4-5-7-26/h1-3,8-19,24,26,34,36,39H,4-7,20-23H2/t34-,36?/m0/s1. The van der Waals surface area contributed by atoms with Crippen LogP contribution in [0.25, 0.3) is 11.1 Å². The molecule has 1 fully saturated rings. The molecule has 5 nitrogen and oxygen atoms in total. The molecule has 2 aliphatic rings. The molecule has 1 heterocycles. The number of halogens is 1. The Balaban J connectivity index is 1.30. The molecule has 1 radical (unpaired) electrons. The lowest BCUT2D eigenvalue weighted by Crippen LogP contribution is -2.46. The van der Waals surface area contributed by atoms with Crippen LogP contribution in [0, 0.1) is 11.7 Å². The summed E-state index contributed by atoms with van der Waals surface area (Å²) < 4.78 is 19.3. The van der Waals surface area contributed by atoms with Crippen molar-refractivity contribution in [2.24, 2.45) is 5.92 Å². The molecule has 0 saturated heterocycles. The van der Waals surface area contributed by atoms with Gasteiger partial charge in [-0.2, -0.15) is 0 Å². The zero-order valence-electron chi connectivity index (χ0n) is 24.2. The molecule has 0 spiro atoms. The van der Waals surface area contributed by atoms with E-state index in [9.17, 15) is 14.0 Å². The van der Waals surface area contributed by atoms with Crippen molar-refractivity contribution in [3.8, 4) is 16.9 Å². The van der Waals surface area contributed by atoms with Crippen LogP contribution in [0.5, 0.6) is 5.75 Å². The second kappa shape index (κ2) is 12.8. The summed E-state index contributed by atoms with van der Waals surface area (Å²) in [7, 11) is 0. The Kier molecular flexibility index (Phi) is 8.55. The second-order valence-corrected chi connectivity index (χ2v) is 11.7. The molecule has 0 aromatic heterocycles. The first kappa shape index (κ1) is 28.7. The van der Waals surface area contributed by atoms with Crippen LogP contribution in [-0.4, -0.2) is 23.3 Å². The fourth-order valence-electron chi connectivity index (χ4n) is 6.64. The largest absolute Gasteiger partial charge is 0.493 e. The number of hydrogen-bond donors (Lipinski definition) is 0. The van der Waals surface area contributed by atoms with Crippen LogP contribution in [0.2, 0.25) is 0 Å². The average molecular weight is 576 g/mol. The zero-order valence-corrected chi connectivity index (χ0v) is 24.2. The van der Waals surface area contributed by atoms with E-state index in [1.807, 2.05) is 48.5 Å². The van der Waals surface area contributed by atoms with Gasteiger partial charge in [-0.25, -0.2) is 4.39 Å². The van der Waals surface area contributed by atoms with Crippen LogP contribution >= 0.6 is 0 Å². The van der Waals surface area contributed by atoms with Gasteiger partial charge < -0.3 is 9.64 Å². The highest BCUT2D eigenvalue weighted by Crippen LogP contribution is 2.43. The predicted molar refractivity (Wildman–Crippen MR) is 165 cm³/mol. The molecule has 2 amide bonds. The predicted octanol–water partition coefficient (Wildman–Crippen LogP) is 7.67. The fourth-order valence-corrected chi connectivity index (χ4v) is 6.64. The van der Waals surface area contributed by atoms with E-state index in [2.05, 4.69) is 24.3 Å². The summed E-state index contributed by atoms with van der Waals surface area (Å²) in [5.41, 5.74) is 14.1. The van der Waals surface area contributed by atoms with E-state index in [1.54, 1.807) is 17.0 Å². The fraction of sp³-hybridized carbons (Fsp3) is 0.297. The van der Waals surface area contributed by atoms with Crippen molar-refractivity contribution in [3.05, 3.63) is 125 Å². The topological polar surface area (TPSA) is 70.4 Å². The van der Waals surface area contributed by atoms with Gasteiger partial charge in [0.25, 0.3) is 5.91 Å². The third-order valence-corrected chi connectivity index (χ3v) is 8.89. The molecule has 43 heavy (non-hydrogen) atoms. The van der Waals surface area contributed by atoms with Gasteiger partial charge in [0.2, 0.25) is 5.91 Å². The first-order valence-electron chi connectivity index (χ1n) is 15.2. The second-order valence-electron chi connectivity index (χ2n) is 11.7. The van der Waals surface area contributed by atoms with Gasteiger partial charge in [0, 0.05) is 12.8 Å². The van der Waals surface area contributed by atoms with Crippen LogP contribution in [0.15, 0.2) is 97.1 Å². The molecular weight excluding hydrogens is 539 g/mol. The van der Waals surface area contributed by atoms with E-state index in [-0.39, 0.29) is 17.8 Å². The van der Waals surface area contributed by atoms with Crippen molar-refractivity contribution in [3.63, 3.8) is 0 Å². The monoisotopic (exact) mass is 575 g/mol. The molecular formula is C37H36FN2O3. The Bertz CT molecular complexity index is 1560. The Morgan fingerprint density at radius 2 is 1.56 bits per heavy atom. The lowest BCUT2D eigenvalue weighted by Gasteiger charge is -2.42. The normalized spacial score (nSPS) is 18.3. The van der Waals surface area contributed by atoms with Crippen molar-refractivity contribution in [1.82, 2.24) is 10.6 Å². The summed E-state index contributed by atoms with van der Waals surface area (Å²) in [5.74, 6) is -0.237. The maximum absolute atomic E-state index is 14.0. The number of benzene rings is 4. The molecule has 1 aliphatic carbocycles. The molecule has 6 rings (SSSR count). The third-order valence-electron chi connectivity index (χ3n) is 8.89. The summed E-state index contributed by atoms with van der Waals surface area (Å²) in [4.78, 5) is 28.8. The number of carbonyl (C=O) groups excluding carboxylic acids is 2.